The van der Waals surface area contributed by atoms with Crippen LogP contribution in [0.2, 0.25) is 0 Å². The van der Waals surface area contributed by atoms with E-state index in [2.05, 4.69) is 14.9 Å². The molecule has 0 unspecified atom stereocenters. The van der Waals surface area contributed by atoms with E-state index in [0.717, 1.165) is 0 Å². The number of esters is 1. The lowest BCUT2D eigenvalue weighted by molar-refractivity contribution is 0.0717. The molecule has 0 aliphatic rings. The van der Waals surface area contributed by atoms with E-state index in [4.69, 9.17) is 4.42 Å². The summed E-state index contributed by atoms with van der Waals surface area (Å²) < 4.78 is 63.2. The number of ether oxygens (including phenoxy) is 1. The van der Waals surface area contributed by atoms with Crippen molar-refractivity contribution in [2.24, 2.45) is 0 Å². The smallest absolute Gasteiger partial charge is 0.343 e. The number of halogens is 4. The predicted octanol–water partition coefficient (Wildman–Crippen LogP) is 4.23. The van der Waals surface area contributed by atoms with Gasteiger partial charge in [-0.15, -0.1) is 10.2 Å². The van der Waals surface area contributed by atoms with Crippen LogP contribution in [0.4, 0.5) is 17.6 Å². The molecule has 0 amide bonds. The second kappa shape index (κ2) is 7.16. The van der Waals surface area contributed by atoms with Gasteiger partial charge >= 0.3 is 5.97 Å². The average molecular weight is 384 g/mol. The lowest BCUT2D eigenvalue weighted by atomic mass is 10.1. The van der Waals surface area contributed by atoms with Crippen LogP contribution in [0.25, 0.3) is 11.5 Å². The predicted molar refractivity (Wildman–Crippen MR) is 82.7 cm³/mol. The Labute approximate surface area is 148 Å². The highest BCUT2D eigenvalue weighted by molar-refractivity contribution is 7.98. The third kappa shape index (κ3) is 3.40. The van der Waals surface area contributed by atoms with Gasteiger partial charge in [-0.2, -0.15) is 8.78 Å². The Morgan fingerprint density at radius 2 is 1.65 bits per heavy atom. The second-order valence-corrected chi connectivity index (χ2v) is 5.60. The van der Waals surface area contributed by atoms with Gasteiger partial charge in [0.25, 0.3) is 5.22 Å². The summed E-state index contributed by atoms with van der Waals surface area (Å²) in [6.45, 7) is 0. The summed E-state index contributed by atoms with van der Waals surface area (Å²) in [5.41, 5.74) is 0.380. The number of rotatable bonds is 4. The molecule has 10 heteroatoms. The summed E-state index contributed by atoms with van der Waals surface area (Å²) in [6.07, 6.45) is 1.75. The first-order valence-electron chi connectivity index (χ1n) is 6.93. The first-order chi connectivity index (χ1) is 12.4. The number of benzene rings is 2. The van der Waals surface area contributed by atoms with E-state index in [1.807, 2.05) is 0 Å². The maximum atomic E-state index is 13.6. The van der Waals surface area contributed by atoms with Gasteiger partial charge in [0.2, 0.25) is 23.3 Å². The van der Waals surface area contributed by atoms with Gasteiger partial charge in [-0.25, -0.2) is 13.6 Å². The van der Waals surface area contributed by atoms with E-state index < -0.39 is 35.0 Å². The van der Waals surface area contributed by atoms with Gasteiger partial charge in [0.15, 0.2) is 11.6 Å². The van der Waals surface area contributed by atoms with Crippen LogP contribution >= 0.6 is 11.8 Å². The molecule has 0 aliphatic heterocycles. The summed E-state index contributed by atoms with van der Waals surface area (Å²) in [4.78, 5) is 12.0. The molecule has 26 heavy (non-hydrogen) atoms. The molecule has 0 bridgehead atoms. The molecule has 0 saturated carbocycles. The van der Waals surface area contributed by atoms with Gasteiger partial charge < -0.3 is 9.15 Å². The van der Waals surface area contributed by atoms with Crippen LogP contribution in [0.5, 0.6) is 5.75 Å². The van der Waals surface area contributed by atoms with Crippen molar-refractivity contribution < 1.29 is 31.5 Å². The van der Waals surface area contributed by atoms with Crippen molar-refractivity contribution in [2.75, 3.05) is 6.26 Å². The van der Waals surface area contributed by atoms with Crippen molar-refractivity contribution in [3.05, 3.63) is 59.2 Å². The summed E-state index contributed by atoms with van der Waals surface area (Å²) in [5, 5.41) is 7.92. The van der Waals surface area contributed by atoms with E-state index in [1.54, 1.807) is 6.26 Å². The van der Waals surface area contributed by atoms with Crippen molar-refractivity contribution in [2.45, 2.75) is 5.22 Å². The molecule has 0 atom stereocenters. The maximum absolute atomic E-state index is 13.6. The zero-order valence-corrected chi connectivity index (χ0v) is 13.7. The number of hydrogen-bond donors (Lipinski definition) is 0. The number of carbonyl (C=O) groups excluding carboxylic acids is 1. The van der Waals surface area contributed by atoms with Crippen molar-refractivity contribution in [1.82, 2.24) is 10.2 Å². The topological polar surface area (TPSA) is 65.2 Å². The maximum Gasteiger partial charge on any atom is 0.343 e. The molecule has 0 spiro atoms. The SMILES string of the molecule is CSc1nnc(-c2ccc(C(=O)Oc3c(F)c(F)cc(F)c3F)cc2)o1. The Hall–Kier alpha value is -2.88. The molecule has 3 aromatic rings. The molecule has 0 saturated heterocycles. The van der Waals surface area contributed by atoms with Crippen LogP contribution in [0.3, 0.4) is 0 Å². The molecular formula is C16H8F4N2O3S. The lowest BCUT2D eigenvalue weighted by Gasteiger charge is -2.08. The standard InChI is InChI=1S/C16H8F4N2O3S/c1-26-16-22-21-14(25-16)7-2-4-8(5-3-7)15(23)24-13-11(19)9(17)6-10(18)12(13)20/h2-6H,1H3. The van der Waals surface area contributed by atoms with Crippen LogP contribution in [0, 0.1) is 23.3 Å². The molecular weight excluding hydrogens is 376 g/mol. The highest BCUT2D eigenvalue weighted by atomic mass is 32.2. The van der Waals surface area contributed by atoms with E-state index >= 15 is 0 Å². The second-order valence-electron chi connectivity index (χ2n) is 4.84. The van der Waals surface area contributed by atoms with Crippen LogP contribution in [-0.4, -0.2) is 22.4 Å². The minimum absolute atomic E-state index is 0.0179. The summed E-state index contributed by atoms with van der Waals surface area (Å²) in [6, 6.07) is 5.43. The number of nitrogens with zero attached hydrogens (tertiary/aromatic N) is 2. The number of thioether (sulfide) groups is 1. The van der Waals surface area contributed by atoms with Crippen LogP contribution in [0.1, 0.15) is 10.4 Å². The van der Waals surface area contributed by atoms with Gasteiger partial charge in [0.05, 0.1) is 5.56 Å². The lowest BCUT2D eigenvalue weighted by Crippen LogP contribution is -2.12. The third-order valence-corrected chi connectivity index (χ3v) is 3.73. The van der Waals surface area contributed by atoms with E-state index in [1.165, 1.54) is 36.0 Å². The molecule has 3 rings (SSSR count). The molecule has 0 aliphatic carbocycles. The molecule has 5 nitrogen and oxygen atoms in total. The van der Waals surface area contributed by atoms with Crippen LogP contribution in [-0.2, 0) is 0 Å². The van der Waals surface area contributed by atoms with Crippen LogP contribution < -0.4 is 4.74 Å². The van der Waals surface area contributed by atoms with E-state index in [9.17, 15) is 22.4 Å². The first-order valence-corrected chi connectivity index (χ1v) is 8.16. The van der Waals surface area contributed by atoms with Crippen molar-refractivity contribution in [1.29, 1.82) is 0 Å². The molecule has 1 aromatic heterocycles. The third-order valence-electron chi connectivity index (χ3n) is 3.21. The minimum atomic E-state index is -1.80. The molecule has 0 fully saturated rings. The zero-order valence-electron chi connectivity index (χ0n) is 12.9. The van der Waals surface area contributed by atoms with Gasteiger partial charge in [-0.3, -0.25) is 0 Å². The van der Waals surface area contributed by atoms with E-state index in [-0.39, 0.29) is 17.5 Å². The normalized spacial score (nSPS) is 10.8. The van der Waals surface area contributed by atoms with Gasteiger partial charge in [0, 0.05) is 11.6 Å². The zero-order chi connectivity index (χ0) is 18.8. The summed E-state index contributed by atoms with van der Waals surface area (Å²) in [7, 11) is 0. The number of aromatic nitrogens is 2. The highest BCUT2D eigenvalue weighted by Crippen LogP contribution is 2.28. The fourth-order valence-electron chi connectivity index (χ4n) is 1.95. The largest absolute Gasteiger partial charge is 0.416 e. The van der Waals surface area contributed by atoms with Gasteiger partial charge in [-0.1, -0.05) is 11.8 Å². The Morgan fingerprint density at radius 3 is 2.19 bits per heavy atom. The first kappa shape index (κ1) is 17.9. The Kier molecular flexibility index (Phi) is 4.94. The molecule has 1 heterocycles. The van der Waals surface area contributed by atoms with E-state index in [0.29, 0.717) is 10.8 Å². The van der Waals surface area contributed by atoms with Gasteiger partial charge in [-0.05, 0) is 30.5 Å². The average Bonchev–Trinajstić information content (AvgIpc) is 3.13. The number of carbonyl (C=O) groups is 1. The highest BCUT2D eigenvalue weighted by Gasteiger charge is 2.23. The van der Waals surface area contributed by atoms with Crippen molar-refractivity contribution in [3.8, 4) is 17.2 Å². The molecule has 0 radical (unpaired) electrons. The Balaban J connectivity index is 1.83. The number of hydrogen-bond acceptors (Lipinski definition) is 6. The summed E-state index contributed by atoms with van der Waals surface area (Å²) >= 11 is 1.25. The Morgan fingerprint density at radius 1 is 1.04 bits per heavy atom. The molecule has 2 aromatic carbocycles. The fraction of sp³-hybridized carbons (Fsp3) is 0.0625. The summed E-state index contributed by atoms with van der Waals surface area (Å²) in [5.74, 6) is -9.40. The van der Waals surface area contributed by atoms with Gasteiger partial charge in [0.1, 0.15) is 0 Å². The molecule has 0 N–H and O–H groups in total. The van der Waals surface area contributed by atoms with Crippen molar-refractivity contribution in [3.63, 3.8) is 0 Å². The van der Waals surface area contributed by atoms with Crippen LogP contribution in [0.15, 0.2) is 40.0 Å². The minimum Gasteiger partial charge on any atom is -0.416 e. The quantitative estimate of drug-likeness (QED) is 0.220. The monoisotopic (exact) mass is 384 g/mol. The Bertz CT molecular complexity index is 950. The molecule has 134 valence electrons. The fourth-order valence-corrected chi connectivity index (χ4v) is 2.24. The van der Waals surface area contributed by atoms with Crippen molar-refractivity contribution >= 4 is 17.7 Å².